The molecule has 2 aromatic rings. The molecule has 0 saturated heterocycles. The highest BCUT2D eigenvalue weighted by molar-refractivity contribution is 7.13. The number of carbonyl (C=O) groups is 2. The first-order valence-corrected chi connectivity index (χ1v) is 7.68. The number of aromatic nitrogens is 3. The van der Waals surface area contributed by atoms with Crippen LogP contribution in [0.25, 0.3) is 0 Å². The molecule has 118 valence electrons. The normalized spacial score (nSPS) is 12.4. The van der Waals surface area contributed by atoms with Crippen LogP contribution in [-0.2, 0) is 0 Å². The summed E-state index contributed by atoms with van der Waals surface area (Å²) < 4.78 is 0. The zero-order valence-corrected chi connectivity index (χ0v) is 13.6. The topological polar surface area (TPSA) is 108 Å². The molecule has 22 heavy (non-hydrogen) atoms. The molecule has 0 radical (unpaired) electrons. The molecule has 8 heteroatoms. The highest BCUT2D eigenvalue weighted by atomic mass is 32.1. The van der Waals surface area contributed by atoms with Crippen LogP contribution < -0.4 is 5.32 Å². The van der Waals surface area contributed by atoms with Crippen LogP contribution >= 0.6 is 11.3 Å². The van der Waals surface area contributed by atoms with Crippen LogP contribution in [0.4, 0.5) is 0 Å². The van der Waals surface area contributed by atoms with Gasteiger partial charge in [0.25, 0.3) is 5.91 Å². The summed E-state index contributed by atoms with van der Waals surface area (Å²) in [5.74, 6) is -1.07. The zero-order valence-electron chi connectivity index (χ0n) is 12.8. The number of carbonyl (C=O) groups excluding carboxylic acids is 1. The highest BCUT2D eigenvalue weighted by Crippen LogP contribution is 2.23. The molecule has 0 fully saturated rings. The number of carboxylic acid groups (broad SMARTS) is 1. The third kappa shape index (κ3) is 3.33. The highest BCUT2D eigenvalue weighted by Gasteiger charge is 2.20. The van der Waals surface area contributed by atoms with E-state index in [9.17, 15) is 9.59 Å². The average molecular weight is 322 g/mol. The summed E-state index contributed by atoms with van der Waals surface area (Å²) in [5.41, 5.74) is 1.65. The number of aromatic amines is 1. The van der Waals surface area contributed by atoms with Gasteiger partial charge in [-0.1, -0.05) is 13.8 Å². The van der Waals surface area contributed by atoms with Gasteiger partial charge in [0.05, 0.1) is 11.7 Å². The van der Waals surface area contributed by atoms with E-state index in [-0.39, 0.29) is 22.7 Å². The lowest BCUT2D eigenvalue weighted by Crippen LogP contribution is -2.26. The number of hydrogen-bond acceptors (Lipinski definition) is 5. The number of nitrogens with zero attached hydrogens (tertiary/aromatic N) is 2. The van der Waals surface area contributed by atoms with Gasteiger partial charge in [-0.25, -0.2) is 9.78 Å². The van der Waals surface area contributed by atoms with Gasteiger partial charge < -0.3 is 10.4 Å². The number of carboxylic acids is 1. The Balaban J connectivity index is 2.10. The number of aryl methyl sites for hydroxylation is 1. The standard InChI is InChI=1S/C14H18N4O3S/c1-6(2)9-5-10(18-17-9)12(19)15-8(4)13-16-7(3)11(22-13)14(20)21/h5-6,8H,1-4H3,(H,15,19)(H,17,18)(H,20,21). The van der Waals surface area contributed by atoms with Crippen LogP contribution in [-0.4, -0.2) is 32.2 Å². The van der Waals surface area contributed by atoms with E-state index < -0.39 is 5.97 Å². The van der Waals surface area contributed by atoms with Crippen molar-refractivity contribution in [1.82, 2.24) is 20.5 Å². The third-order valence-electron chi connectivity index (χ3n) is 3.18. The van der Waals surface area contributed by atoms with Crippen molar-refractivity contribution in [2.75, 3.05) is 0 Å². The molecule has 0 aliphatic rings. The van der Waals surface area contributed by atoms with E-state index in [1.54, 1.807) is 19.9 Å². The number of amides is 1. The summed E-state index contributed by atoms with van der Waals surface area (Å²) in [7, 11) is 0. The summed E-state index contributed by atoms with van der Waals surface area (Å²) in [5, 5.41) is 19.2. The Morgan fingerprint density at radius 2 is 2.05 bits per heavy atom. The van der Waals surface area contributed by atoms with Crippen molar-refractivity contribution in [2.24, 2.45) is 0 Å². The maximum atomic E-state index is 12.2. The van der Waals surface area contributed by atoms with Crippen LogP contribution in [0.2, 0.25) is 0 Å². The Labute approximate surface area is 131 Å². The number of H-pyrrole nitrogens is 1. The lowest BCUT2D eigenvalue weighted by Gasteiger charge is -2.09. The maximum Gasteiger partial charge on any atom is 0.347 e. The van der Waals surface area contributed by atoms with Crippen molar-refractivity contribution in [3.05, 3.63) is 33.0 Å². The molecular weight excluding hydrogens is 304 g/mol. The average Bonchev–Trinajstić information content (AvgIpc) is 3.04. The Hall–Kier alpha value is -2.22. The van der Waals surface area contributed by atoms with Crippen molar-refractivity contribution in [3.8, 4) is 0 Å². The molecule has 0 saturated carbocycles. The van der Waals surface area contributed by atoms with Crippen molar-refractivity contribution in [2.45, 2.75) is 39.7 Å². The van der Waals surface area contributed by atoms with Gasteiger partial charge in [-0.2, -0.15) is 5.10 Å². The zero-order chi connectivity index (χ0) is 16.4. The quantitative estimate of drug-likeness (QED) is 0.783. The molecule has 0 aromatic carbocycles. The number of hydrogen-bond donors (Lipinski definition) is 3. The van der Waals surface area contributed by atoms with E-state index in [2.05, 4.69) is 20.5 Å². The Kier molecular flexibility index (Phi) is 4.60. The second kappa shape index (κ2) is 6.27. The first-order chi connectivity index (χ1) is 10.3. The summed E-state index contributed by atoms with van der Waals surface area (Å²) in [6.07, 6.45) is 0. The predicted molar refractivity (Wildman–Crippen MR) is 82.4 cm³/mol. The van der Waals surface area contributed by atoms with Gasteiger partial charge in [-0.15, -0.1) is 11.3 Å². The fourth-order valence-corrected chi connectivity index (χ4v) is 2.79. The number of thiazole rings is 1. The predicted octanol–water partition coefficient (Wildman–Crippen LogP) is 2.49. The number of nitrogens with one attached hydrogen (secondary N) is 2. The van der Waals surface area contributed by atoms with E-state index in [4.69, 9.17) is 5.11 Å². The van der Waals surface area contributed by atoms with Crippen LogP contribution in [0.15, 0.2) is 6.07 Å². The van der Waals surface area contributed by atoms with E-state index in [0.717, 1.165) is 17.0 Å². The molecular formula is C14H18N4O3S. The second-order valence-corrected chi connectivity index (χ2v) is 6.36. The molecule has 1 unspecified atom stereocenters. The van der Waals surface area contributed by atoms with Crippen LogP contribution in [0.3, 0.4) is 0 Å². The molecule has 1 amide bonds. The minimum absolute atomic E-state index is 0.193. The Morgan fingerprint density at radius 3 is 2.55 bits per heavy atom. The van der Waals surface area contributed by atoms with Gasteiger partial charge >= 0.3 is 5.97 Å². The van der Waals surface area contributed by atoms with Crippen molar-refractivity contribution < 1.29 is 14.7 Å². The van der Waals surface area contributed by atoms with Crippen LogP contribution in [0.1, 0.15) is 69.3 Å². The molecule has 0 spiro atoms. The summed E-state index contributed by atoms with van der Waals surface area (Å²) >= 11 is 1.07. The third-order valence-corrected chi connectivity index (χ3v) is 4.51. The number of rotatable bonds is 5. The van der Waals surface area contributed by atoms with Gasteiger partial charge in [-0.3, -0.25) is 9.89 Å². The van der Waals surface area contributed by atoms with E-state index in [1.165, 1.54) is 0 Å². The van der Waals surface area contributed by atoms with Gasteiger partial charge in [0.15, 0.2) is 0 Å². The molecule has 0 bridgehead atoms. The van der Waals surface area contributed by atoms with Crippen molar-refractivity contribution in [1.29, 1.82) is 0 Å². The molecule has 3 N–H and O–H groups in total. The molecule has 2 heterocycles. The summed E-state index contributed by atoms with van der Waals surface area (Å²) in [4.78, 5) is 27.6. The monoisotopic (exact) mass is 322 g/mol. The largest absolute Gasteiger partial charge is 0.477 e. The SMILES string of the molecule is Cc1nc(C(C)NC(=O)c2cc(C(C)C)[nH]n2)sc1C(=O)O. The van der Waals surface area contributed by atoms with Crippen molar-refractivity contribution >= 4 is 23.2 Å². The van der Waals surface area contributed by atoms with Gasteiger partial charge in [0.1, 0.15) is 15.6 Å². The van der Waals surface area contributed by atoms with Crippen LogP contribution in [0.5, 0.6) is 0 Å². The minimum Gasteiger partial charge on any atom is -0.477 e. The molecule has 2 rings (SSSR count). The van der Waals surface area contributed by atoms with Crippen molar-refractivity contribution in [3.63, 3.8) is 0 Å². The number of aromatic carboxylic acids is 1. The molecule has 1 atom stereocenters. The first kappa shape index (κ1) is 16.2. The lowest BCUT2D eigenvalue weighted by atomic mass is 10.1. The smallest absolute Gasteiger partial charge is 0.347 e. The molecule has 0 aliphatic heterocycles. The lowest BCUT2D eigenvalue weighted by molar-refractivity contribution is 0.0701. The molecule has 0 aliphatic carbocycles. The maximum absolute atomic E-state index is 12.2. The molecule has 2 aromatic heterocycles. The minimum atomic E-state index is -1.01. The summed E-state index contributed by atoms with van der Waals surface area (Å²) in [6, 6.07) is 1.33. The fourth-order valence-electron chi connectivity index (χ4n) is 1.88. The molecule has 7 nitrogen and oxygen atoms in total. The fraction of sp³-hybridized carbons (Fsp3) is 0.429. The van der Waals surface area contributed by atoms with E-state index >= 15 is 0 Å². The van der Waals surface area contributed by atoms with Crippen LogP contribution in [0, 0.1) is 6.92 Å². The van der Waals surface area contributed by atoms with Gasteiger partial charge in [0.2, 0.25) is 0 Å². The first-order valence-electron chi connectivity index (χ1n) is 6.86. The van der Waals surface area contributed by atoms with E-state index in [1.807, 2.05) is 13.8 Å². The summed E-state index contributed by atoms with van der Waals surface area (Å²) in [6.45, 7) is 7.41. The Bertz CT molecular complexity index is 705. The van der Waals surface area contributed by atoms with Gasteiger partial charge in [0, 0.05) is 5.69 Å². The van der Waals surface area contributed by atoms with E-state index in [0.29, 0.717) is 16.4 Å². The Morgan fingerprint density at radius 1 is 1.36 bits per heavy atom. The van der Waals surface area contributed by atoms with Gasteiger partial charge in [-0.05, 0) is 25.8 Å². The second-order valence-electron chi connectivity index (χ2n) is 5.33.